The van der Waals surface area contributed by atoms with Gasteiger partial charge in [0.05, 0.1) is 18.9 Å². The van der Waals surface area contributed by atoms with Crippen LogP contribution < -0.4 is 4.74 Å². The summed E-state index contributed by atoms with van der Waals surface area (Å²) in [6.45, 7) is -1.63. The van der Waals surface area contributed by atoms with Crippen LogP contribution >= 0.6 is 0 Å². The van der Waals surface area contributed by atoms with Crippen LogP contribution in [0.3, 0.4) is 0 Å². The maximum atomic E-state index is 14.3. The molecule has 3 aromatic rings. The van der Waals surface area contributed by atoms with Crippen molar-refractivity contribution in [1.29, 1.82) is 0 Å². The maximum Gasteiger partial charge on any atom is 0.453 e. The summed E-state index contributed by atoms with van der Waals surface area (Å²) in [6.07, 6.45) is -8.72. The first-order valence-corrected chi connectivity index (χ1v) is 7.79. The van der Waals surface area contributed by atoms with E-state index < -0.39 is 48.7 Å². The minimum Gasteiger partial charge on any atom is -0.454 e. The molecule has 3 aromatic heterocycles. The predicted octanol–water partition coefficient (Wildman–Crippen LogP) is 3.05. The zero-order chi connectivity index (χ0) is 21.0. The van der Waals surface area contributed by atoms with Gasteiger partial charge in [-0.3, -0.25) is 0 Å². The quantitative estimate of drug-likeness (QED) is 0.603. The third-order valence-corrected chi connectivity index (χ3v) is 4.10. The second-order valence-corrected chi connectivity index (χ2v) is 6.11. The fraction of sp³-hybridized carbons (Fsp3) is 0.333. The average Bonchev–Trinajstić information content (AvgIpc) is 3.01. The Morgan fingerprint density at radius 1 is 1.07 bits per heavy atom. The molecule has 0 amide bonds. The summed E-state index contributed by atoms with van der Waals surface area (Å²) < 4.78 is 102. The predicted molar refractivity (Wildman–Crippen MR) is 79.2 cm³/mol. The van der Waals surface area contributed by atoms with E-state index in [1.165, 1.54) is 6.07 Å². The highest BCUT2D eigenvalue weighted by atomic mass is 19.4. The lowest BCUT2D eigenvalue weighted by molar-refractivity contribution is -0.323. The maximum absolute atomic E-state index is 14.3. The Balaban J connectivity index is 1.68. The molecule has 1 aliphatic rings. The normalized spacial score (nSPS) is 16.7. The van der Waals surface area contributed by atoms with Gasteiger partial charge < -0.3 is 9.47 Å². The molecule has 4 heterocycles. The Labute approximate surface area is 156 Å². The van der Waals surface area contributed by atoms with Gasteiger partial charge in [-0.1, -0.05) is 0 Å². The molecule has 0 aromatic carbocycles. The first kappa shape index (κ1) is 19.3. The molecule has 29 heavy (non-hydrogen) atoms. The minimum absolute atomic E-state index is 0.0931. The molecule has 0 unspecified atom stereocenters. The smallest absolute Gasteiger partial charge is 0.453 e. The van der Waals surface area contributed by atoms with Crippen molar-refractivity contribution in [3.8, 4) is 17.1 Å². The summed E-state index contributed by atoms with van der Waals surface area (Å²) in [4.78, 5) is 3.52. The fourth-order valence-corrected chi connectivity index (χ4v) is 2.51. The van der Waals surface area contributed by atoms with Gasteiger partial charge in [-0.15, -0.1) is 10.2 Å². The van der Waals surface area contributed by atoms with Gasteiger partial charge in [-0.05, 0) is 18.2 Å². The van der Waals surface area contributed by atoms with E-state index in [0.717, 1.165) is 18.3 Å². The van der Waals surface area contributed by atoms with Crippen LogP contribution in [0.5, 0.6) is 5.88 Å². The van der Waals surface area contributed by atoms with Gasteiger partial charge in [0.1, 0.15) is 0 Å². The van der Waals surface area contributed by atoms with Crippen LogP contribution in [0, 0.1) is 5.82 Å². The summed E-state index contributed by atoms with van der Waals surface area (Å²) in [5.41, 5.74) is -3.14. The average molecular weight is 423 g/mol. The van der Waals surface area contributed by atoms with Crippen LogP contribution in [0.15, 0.2) is 24.4 Å². The fourth-order valence-electron chi connectivity index (χ4n) is 2.51. The summed E-state index contributed by atoms with van der Waals surface area (Å²) in [5.74, 6) is -3.56. The van der Waals surface area contributed by atoms with Crippen molar-refractivity contribution in [2.75, 3.05) is 13.2 Å². The van der Waals surface area contributed by atoms with Crippen molar-refractivity contribution < 1.29 is 40.2 Å². The van der Waals surface area contributed by atoms with Crippen molar-refractivity contribution in [3.05, 3.63) is 36.0 Å². The van der Waals surface area contributed by atoms with E-state index in [1.54, 1.807) is 0 Å². The Morgan fingerprint density at radius 2 is 1.79 bits per heavy atom. The molecule has 0 saturated carbocycles. The standard InChI is InChI=1S/C15H8F7N5O2/c16-8-3-7(4-23-11(8)29-13(5-28-6-13)15(20,21)22)9-1-2-10-24-25-12(14(17,18)19)27(10)26-9/h1-4H,5-6H2. The van der Waals surface area contributed by atoms with Crippen molar-refractivity contribution in [2.24, 2.45) is 0 Å². The highest BCUT2D eigenvalue weighted by molar-refractivity contribution is 5.59. The Bertz CT molecular complexity index is 1080. The molecule has 4 rings (SSSR count). The number of halogens is 7. The molecule has 7 nitrogen and oxygen atoms in total. The molecular weight excluding hydrogens is 415 g/mol. The molecular formula is C15H8F7N5O2. The Hall–Kier alpha value is -3.03. The van der Waals surface area contributed by atoms with E-state index in [1.807, 2.05) is 0 Å². The Morgan fingerprint density at radius 3 is 2.34 bits per heavy atom. The molecule has 1 aliphatic heterocycles. The second kappa shape index (κ2) is 6.23. The van der Waals surface area contributed by atoms with E-state index in [4.69, 9.17) is 4.74 Å². The summed E-state index contributed by atoms with van der Waals surface area (Å²) >= 11 is 0. The summed E-state index contributed by atoms with van der Waals surface area (Å²) in [7, 11) is 0. The van der Waals surface area contributed by atoms with E-state index in [0.29, 0.717) is 4.52 Å². The van der Waals surface area contributed by atoms with Crippen molar-refractivity contribution in [1.82, 2.24) is 24.8 Å². The molecule has 0 radical (unpaired) electrons. The zero-order valence-electron chi connectivity index (χ0n) is 13.9. The largest absolute Gasteiger partial charge is 0.454 e. The van der Waals surface area contributed by atoms with Gasteiger partial charge in [0.2, 0.25) is 0 Å². The lowest BCUT2D eigenvalue weighted by Crippen LogP contribution is -2.64. The van der Waals surface area contributed by atoms with Crippen molar-refractivity contribution in [3.63, 3.8) is 0 Å². The van der Waals surface area contributed by atoms with E-state index >= 15 is 0 Å². The Kier molecular flexibility index (Phi) is 4.15. The first-order chi connectivity index (χ1) is 13.5. The van der Waals surface area contributed by atoms with E-state index in [9.17, 15) is 30.7 Å². The molecule has 0 atom stereocenters. The zero-order valence-corrected chi connectivity index (χ0v) is 13.9. The molecule has 14 heteroatoms. The molecule has 1 fully saturated rings. The number of ether oxygens (including phenoxy) is 2. The topological polar surface area (TPSA) is 74.4 Å². The number of hydrogen-bond donors (Lipinski definition) is 0. The van der Waals surface area contributed by atoms with Crippen molar-refractivity contribution in [2.45, 2.75) is 18.0 Å². The van der Waals surface area contributed by atoms with Gasteiger partial charge in [0, 0.05) is 11.8 Å². The van der Waals surface area contributed by atoms with Crippen LogP contribution in [0.4, 0.5) is 30.7 Å². The van der Waals surface area contributed by atoms with Gasteiger partial charge in [0.25, 0.3) is 17.3 Å². The van der Waals surface area contributed by atoms with Crippen molar-refractivity contribution >= 4 is 5.65 Å². The monoisotopic (exact) mass is 423 g/mol. The van der Waals surface area contributed by atoms with E-state index in [-0.39, 0.29) is 16.9 Å². The number of aromatic nitrogens is 5. The first-order valence-electron chi connectivity index (χ1n) is 7.79. The van der Waals surface area contributed by atoms with Gasteiger partial charge in [0.15, 0.2) is 11.5 Å². The lowest BCUT2D eigenvalue weighted by atomic mass is 10.0. The summed E-state index contributed by atoms with van der Waals surface area (Å²) in [6, 6.07) is 3.15. The molecule has 0 aliphatic carbocycles. The number of alkyl halides is 6. The summed E-state index contributed by atoms with van der Waals surface area (Å²) in [5, 5.41) is 10.1. The third kappa shape index (κ3) is 3.22. The SMILES string of the molecule is Fc1cc(-c2ccc3nnc(C(F)(F)F)n3n2)cnc1OC1(C(F)(F)F)COC1. The van der Waals surface area contributed by atoms with Crippen LogP contribution in [0.2, 0.25) is 0 Å². The lowest BCUT2D eigenvalue weighted by Gasteiger charge is -2.41. The number of hydrogen-bond acceptors (Lipinski definition) is 6. The highest BCUT2D eigenvalue weighted by Crippen LogP contribution is 2.40. The second-order valence-electron chi connectivity index (χ2n) is 6.11. The molecule has 154 valence electrons. The molecule has 1 saturated heterocycles. The van der Waals surface area contributed by atoms with E-state index in [2.05, 4.69) is 25.0 Å². The van der Waals surface area contributed by atoms with Gasteiger partial charge in [-0.25, -0.2) is 9.37 Å². The van der Waals surface area contributed by atoms with Crippen LogP contribution in [-0.2, 0) is 10.9 Å². The highest BCUT2D eigenvalue weighted by Gasteiger charge is 2.63. The van der Waals surface area contributed by atoms with Crippen LogP contribution in [0.1, 0.15) is 5.82 Å². The minimum atomic E-state index is -4.83. The van der Waals surface area contributed by atoms with Gasteiger partial charge in [-0.2, -0.15) is 36.0 Å². The molecule has 0 bridgehead atoms. The molecule has 0 N–H and O–H groups in total. The van der Waals surface area contributed by atoms with Gasteiger partial charge >= 0.3 is 12.4 Å². The number of fused-ring (bicyclic) bond motifs is 1. The third-order valence-electron chi connectivity index (χ3n) is 4.10. The number of rotatable bonds is 3. The number of pyridine rings is 1. The number of nitrogens with zero attached hydrogens (tertiary/aromatic N) is 5. The van der Waals surface area contributed by atoms with Crippen LogP contribution in [-0.4, -0.2) is 49.8 Å². The molecule has 0 spiro atoms. The van der Waals surface area contributed by atoms with Crippen LogP contribution in [0.25, 0.3) is 16.9 Å².